The Labute approximate surface area is 395 Å². The maximum atomic E-state index is 14.5. The number of aromatic nitrogens is 2. The molecule has 17 N–H and O–H groups in total. The SMILES string of the molecule is CC[C@H](C)[C@H](NC(=O)[C@@H]1CCCN1C(=O)[C@H](CCCN=C(N)N)NC(=O)[C@@H]1CCCN1C(=O)[C@H](Cc1cnc[nH]1)NC(=O)[C@@H](N)CO)C(=O)N[C@@H](CCCN=C(N)N)C(=O)N[C@@H](C(C)C)C1OO1. The molecule has 0 bridgehead atoms. The lowest BCUT2D eigenvalue weighted by atomic mass is 9.96. The molecule has 0 aromatic carbocycles. The minimum Gasteiger partial charge on any atom is -0.394 e. The van der Waals surface area contributed by atoms with Crippen LogP contribution in [0.15, 0.2) is 22.5 Å². The number of aliphatic imine (C=N–C) groups is 2. The number of likely N-dealkylation sites (tertiary alicyclic amines) is 2. The van der Waals surface area contributed by atoms with Crippen molar-refractivity contribution in [2.24, 2.45) is 50.5 Å². The minimum atomic E-state index is -1.30. The first-order chi connectivity index (χ1) is 32.4. The standard InChI is InChI=1S/C42H72N16O10/c1-5-23(4)32(37(64)52-26(10-6-14-49-41(44)45)34(61)55-31(22(2)3)40-67-68-40)56-36(63)30-13-9-16-57(30)38(65)27(11-7-15-50-42(46)47)53-35(62)29-12-8-17-58(29)39(66)28(18-24-19-48-21-51-24)54-33(60)25(43)20-59/h19,21-23,25-32,40,59H,5-18,20,43H2,1-4H3,(H,48,51)(H,52,64)(H,53,62)(H,54,60)(H,55,61)(H,56,63)(H4,44,45,49)(H4,46,47,50)/t23-,25-,26-,27-,28-,29-,30-,31-,32-/m0/s1. The fourth-order valence-electron chi connectivity index (χ4n) is 8.16. The zero-order valence-corrected chi connectivity index (χ0v) is 39.4. The molecule has 26 nitrogen and oxygen atoms in total. The summed E-state index contributed by atoms with van der Waals surface area (Å²) in [5.74, 6) is -5.02. The topological polar surface area (TPSA) is 415 Å². The summed E-state index contributed by atoms with van der Waals surface area (Å²) >= 11 is 0. The van der Waals surface area contributed by atoms with Crippen molar-refractivity contribution in [3.63, 3.8) is 0 Å². The van der Waals surface area contributed by atoms with Crippen molar-refractivity contribution in [3.8, 4) is 0 Å². The molecular weight excluding hydrogens is 889 g/mol. The molecule has 68 heavy (non-hydrogen) atoms. The minimum absolute atomic E-state index is 0.0151. The molecule has 3 aliphatic heterocycles. The first-order valence-electron chi connectivity index (χ1n) is 23.3. The lowest BCUT2D eigenvalue weighted by Crippen LogP contribution is -2.60. The first-order valence-corrected chi connectivity index (χ1v) is 23.3. The third kappa shape index (κ3) is 16.0. The fourth-order valence-corrected chi connectivity index (χ4v) is 8.16. The maximum Gasteiger partial charge on any atom is 0.246 e. The van der Waals surface area contributed by atoms with Gasteiger partial charge in [0.2, 0.25) is 47.6 Å². The number of aliphatic hydroxyl groups excluding tert-OH is 1. The molecule has 0 spiro atoms. The Bertz CT molecular complexity index is 1920. The number of nitrogens with zero attached hydrogens (tertiary/aromatic N) is 5. The van der Waals surface area contributed by atoms with E-state index in [0.717, 1.165) is 0 Å². The fraction of sp³-hybridized carbons (Fsp3) is 0.714. The van der Waals surface area contributed by atoms with E-state index in [1.54, 1.807) is 6.92 Å². The Morgan fingerprint density at radius 1 is 0.779 bits per heavy atom. The number of aromatic amines is 1. The number of carbonyl (C=O) groups is 7. The van der Waals surface area contributed by atoms with Crippen molar-refractivity contribution in [2.75, 3.05) is 32.8 Å². The van der Waals surface area contributed by atoms with Crippen LogP contribution in [-0.4, -0.2) is 166 Å². The molecule has 4 heterocycles. The molecule has 3 aliphatic rings. The van der Waals surface area contributed by atoms with Crippen molar-refractivity contribution in [3.05, 3.63) is 18.2 Å². The number of hydrogen-bond donors (Lipinski definition) is 12. The van der Waals surface area contributed by atoms with Crippen LogP contribution in [0.1, 0.15) is 91.2 Å². The predicted octanol–water partition coefficient (Wildman–Crippen LogP) is -4.23. The van der Waals surface area contributed by atoms with Crippen molar-refractivity contribution in [2.45, 2.75) is 147 Å². The summed E-state index contributed by atoms with van der Waals surface area (Å²) in [6, 6.07) is -8.37. The molecule has 0 radical (unpaired) electrons. The molecule has 3 fully saturated rings. The van der Waals surface area contributed by atoms with Gasteiger partial charge >= 0.3 is 0 Å². The highest BCUT2D eigenvalue weighted by Gasteiger charge is 2.44. The van der Waals surface area contributed by atoms with E-state index in [4.69, 9.17) is 38.4 Å². The second-order valence-electron chi connectivity index (χ2n) is 17.7. The third-order valence-electron chi connectivity index (χ3n) is 12.3. The Balaban J connectivity index is 1.52. The van der Waals surface area contributed by atoms with Crippen LogP contribution in [0.3, 0.4) is 0 Å². The number of nitrogens with one attached hydrogen (secondary N) is 6. The molecule has 0 aliphatic carbocycles. The molecule has 3 saturated heterocycles. The molecule has 0 saturated carbocycles. The largest absolute Gasteiger partial charge is 0.394 e. The van der Waals surface area contributed by atoms with Crippen molar-refractivity contribution < 1.29 is 48.4 Å². The van der Waals surface area contributed by atoms with E-state index in [1.165, 1.54) is 22.3 Å². The van der Waals surface area contributed by atoms with Crippen LogP contribution in [0.25, 0.3) is 0 Å². The van der Waals surface area contributed by atoms with Gasteiger partial charge in [-0.3, -0.25) is 43.5 Å². The van der Waals surface area contributed by atoms with E-state index in [9.17, 15) is 38.7 Å². The molecule has 0 unspecified atom stereocenters. The van der Waals surface area contributed by atoms with Gasteiger partial charge in [0.05, 0.1) is 19.0 Å². The summed E-state index contributed by atoms with van der Waals surface area (Å²) in [6.45, 7) is 7.40. The zero-order chi connectivity index (χ0) is 50.1. The number of nitrogens with two attached hydrogens (primary N) is 5. The second-order valence-corrected chi connectivity index (χ2v) is 17.7. The van der Waals surface area contributed by atoms with Crippen LogP contribution in [0.4, 0.5) is 0 Å². The van der Waals surface area contributed by atoms with Gasteiger partial charge in [-0.05, 0) is 63.2 Å². The highest BCUT2D eigenvalue weighted by atomic mass is 17.4. The van der Waals surface area contributed by atoms with E-state index < -0.39 is 108 Å². The molecule has 9 atom stereocenters. The monoisotopic (exact) mass is 961 g/mol. The van der Waals surface area contributed by atoms with Gasteiger partial charge in [-0.15, -0.1) is 0 Å². The summed E-state index contributed by atoms with van der Waals surface area (Å²) in [5, 5.41) is 23.5. The molecular formula is C42H72N16O10. The summed E-state index contributed by atoms with van der Waals surface area (Å²) in [6.07, 6.45) is 4.92. The van der Waals surface area contributed by atoms with Crippen LogP contribution in [0, 0.1) is 11.8 Å². The van der Waals surface area contributed by atoms with Crippen LogP contribution >= 0.6 is 0 Å². The number of aliphatic hydroxyl groups is 1. The van der Waals surface area contributed by atoms with Gasteiger partial charge in [0.15, 0.2) is 11.9 Å². The van der Waals surface area contributed by atoms with Crippen molar-refractivity contribution >= 4 is 53.3 Å². The van der Waals surface area contributed by atoms with Crippen LogP contribution < -0.4 is 55.3 Å². The molecule has 1 aromatic rings. The predicted molar refractivity (Wildman–Crippen MR) is 247 cm³/mol. The van der Waals surface area contributed by atoms with Gasteiger partial charge in [0, 0.05) is 44.5 Å². The number of guanidine groups is 2. The van der Waals surface area contributed by atoms with E-state index in [-0.39, 0.29) is 82.5 Å². The highest BCUT2D eigenvalue weighted by molar-refractivity contribution is 5.98. The second kappa shape index (κ2) is 26.4. The van der Waals surface area contributed by atoms with Crippen molar-refractivity contribution in [1.82, 2.24) is 46.4 Å². The Morgan fingerprint density at radius 2 is 1.32 bits per heavy atom. The Hall–Kier alpha value is -6.12. The quantitative estimate of drug-likeness (QED) is 0.0131. The number of imidazole rings is 1. The number of amides is 7. The molecule has 4 rings (SSSR count). The van der Waals surface area contributed by atoms with E-state index in [0.29, 0.717) is 31.4 Å². The van der Waals surface area contributed by atoms with Gasteiger partial charge < -0.3 is 75.1 Å². The van der Waals surface area contributed by atoms with Crippen LogP contribution in [-0.2, 0) is 49.8 Å². The zero-order valence-electron chi connectivity index (χ0n) is 39.4. The first kappa shape index (κ1) is 54.5. The average Bonchev–Trinajstić information content (AvgIpc) is 3.64. The number of carbonyl (C=O) groups excluding carboxylic acids is 7. The van der Waals surface area contributed by atoms with Gasteiger partial charge in [0.25, 0.3) is 0 Å². The van der Waals surface area contributed by atoms with Gasteiger partial charge in [0.1, 0.15) is 42.3 Å². The third-order valence-corrected chi connectivity index (χ3v) is 12.3. The van der Waals surface area contributed by atoms with E-state index in [1.807, 2.05) is 20.8 Å². The number of rotatable bonds is 27. The summed E-state index contributed by atoms with van der Waals surface area (Å²) in [4.78, 5) is 125. The van der Waals surface area contributed by atoms with Crippen LogP contribution in [0.2, 0.25) is 0 Å². The normalized spacial score (nSPS) is 19.9. The molecule has 7 amide bonds. The van der Waals surface area contributed by atoms with Gasteiger partial charge in [-0.1, -0.05) is 34.1 Å². The van der Waals surface area contributed by atoms with Gasteiger partial charge in [-0.25, -0.2) is 4.98 Å². The maximum absolute atomic E-state index is 14.5. The smallest absolute Gasteiger partial charge is 0.246 e. The number of H-pyrrole nitrogens is 1. The molecule has 26 heteroatoms. The highest BCUT2D eigenvalue weighted by Crippen LogP contribution is 2.25. The lowest BCUT2D eigenvalue weighted by molar-refractivity contribution is -0.145. The van der Waals surface area contributed by atoms with E-state index in [2.05, 4.69) is 46.5 Å². The van der Waals surface area contributed by atoms with E-state index >= 15 is 0 Å². The Morgan fingerprint density at radius 3 is 1.82 bits per heavy atom. The average molecular weight is 961 g/mol. The van der Waals surface area contributed by atoms with Gasteiger partial charge in [-0.2, -0.15) is 9.78 Å². The Kier molecular flexibility index (Phi) is 21.2. The summed E-state index contributed by atoms with van der Waals surface area (Å²) in [7, 11) is 0. The molecule has 1 aromatic heterocycles. The lowest BCUT2D eigenvalue weighted by Gasteiger charge is -2.33. The van der Waals surface area contributed by atoms with Crippen molar-refractivity contribution in [1.29, 1.82) is 0 Å². The number of hydrogen-bond acceptors (Lipinski definition) is 14. The summed E-state index contributed by atoms with van der Waals surface area (Å²) < 4.78 is 0. The van der Waals surface area contributed by atoms with Crippen LogP contribution in [0.5, 0.6) is 0 Å². The molecule has 380 valence electrons. The summed E-state index contributed by atoms with van der Waals surface area (Å²) in [5.41, 5.74) is 28.3.